The molecule has 1 atom stereocenters. The van der Waals surface area contributed by atoms with Crippen LogP contribution in [-0.2, 0) is 0 Å². The zero-order chi connectivity index (χ0) is 17.7. The van der Waals surface area contributed by atoms with Gasteiger partial charge in [0.1, 0.15) is 18.0 Å². The summed E-state index contributed by atoms with van der Waals surface area (Å²) in [5, 5.41) is 16.7. The lowest BCUT2D eigenvalue weighted by Crippen LogP contribution is -2.54. The SMILES string of the molecule is CNc1cc(N2CCC[C@](O)(CNC(=O)c3ccncc3)C2)ncn1. The molecular formula is C17H22N6O2. The van der Waals surface area contributed by atoms with Gasteiger partial charge in [-0.05, 0) is 25.0 Å². The fraction of sp³-hybridized carbons (Fsp3) is 0.412. The lowest BCUT2D eigenvalue weighted by molar-refractivity contribution is 0.0254. The van der Waals surface area contributed by atoms with Crippen molar-refractivity contribution in [1.29, 1.82) is 0 Å². The molecule has 0 aliphatic carbocycles. The van der Waals surface area contributed by atoms with E-state index in [9.17, 15) is 9.90 Å². The summed E-state index contributed by atoms with van der Waals surface area (Å²) < 4.78 is 0. The largest absolute Gasteiger partial charge is 0.386 e. The molecule has 3 rings (SSSR count). The highest BCUT2D eigenvalue weighted by Gasteiger charge is 2.34. The normalized spacial score (nSPS) is 20.2. The van der Waals surface area contributed by atoms with Gasteiger partial charge in [-0.25, -0.2) is 9.97 Å². The van der Waals surface area contributed by atoms with Crippen molar-refractivity contribution in [3.05, 3.63) is 42.5 Å². The highest BCUT2D eigenvalue weighted by Crippen LogP contribution is 2.25. The maximum atomic E-state index is 12.2. The number of amides is 1. The molecule has 0 saturated carbocycles. The first-order chi connectivity index (χ1) is 12.1. The van der Waals surface area contributed by atoms with Gasteiger partial charge in [-0.2, -0.15) is 0 Å². The molecule has 0 radical (unpaired) electrons. The molecule has 0 bridgehead atoms. The van der Waals surface area contributed by atoms with Gasteiger partial charge >= 0.3 is 0 Å². The van der Waals surface area contributed by atoms with Gasteiger partial charge in [0.2, 0.25) is 0 Å². The average Bonchev–Trinajstić information content (AvgIpc) is 2.67. The number of pyridine rings is 1. The number of aliphatic hydroxyl groups is 1. The van der Waals surface area contributed by atoms with Gasteiger partial charge in [-0.3, -0.25) is 9.78 Å². The summed E-state index contributed by atoms with van der Waals surface area (Å²) in [4.78, 5) is 26.5. The fourth-order valence-electron chi connectivity index (χ4n) is 2.96. The van der Waals surface area contributed by atoms with Crippen LogP contribution in [0.25, 0.3) is 0 Å². The highest BCUT2D eigenvalue weighted by molar-refractivity contribution is 5.94. The molecule has 132 valence electrons. The van der Waals surface area contributed by atoms with E-state index in [2.05, 4.69) is 25.6 Å². The van der Waals surface area contributed by atoms with Crippen molar-refractivity contribution >= 4 is 17.5 Å². The Hall–Kier alpha value is -2.74. The summed E-state index contributed by atoms with van der Waals surface area (Å²) in [6.07, 6.45) is 6.09. The van der Waals surface area contributed by atoms with E-state index in [0.717, 1.165) is 24.6 Å². The van der Waals surface area contributed by atoms with E-state index in [1.165, 1.54) is 6.33 Å². The van der Waals surface area contributed by atoms with Crippen molar-refractivity contribution in [2.75, 3.05) is 36.9 Å². The topological polar surface area (TPSA) is 103 Å². The van der Waals surface area contributed by atoms with Crippen LogP contribution in [0.1, 0.15) is 23.2 Å². The average molecular weight is 342 g/mol. The molecule has 2 aromatic heterocycles. The third kappa shape index (κ3) is 4.21. The van der Waals surface area contributed by atoms with Gasteiger partial charge in [0, 0.05) is 50.7 Å². The van der Waals surface area contributed by atoms with E-state index in [1.54, 1.807) is 31.6 Å². The van der Waals surface area contributed by atoms with Crippen LogP contribution in [0.15, 0.2) is 36.9 Å². The molecule has 2 aromatic rings. The number of nitrogens with zero attached hydrogens (tertiary/aromatic N) is 4. The summed E-state index contributed by atoms with van der Waals surface area (Å²) in [5.74, 6) is 1.27. The van der Waals surface area contributed by atoms with Crippen molar-refractivity contribution < 1.29 is 9.90 Å². The number of nitrogens with one attached hydrogen (secondary N) is 2. The predicted molar refractivity (Wildman–Crippen MR) is 94.5 cm³/mol. The number of rotatable bonds is 5. The van der Waals surface area contributed by atoms with Gasteiger partial charge in [0.15, 0.2) is 0 Å². The molecule has 1 saturated heterocycles. The molecule has 0 unspecified atom stereocenters. The minimum Gasteiger partial charge on any atom is -0.386 e. The Balaban J connectivity index is 1.64. The van der Waals surface area contributed by atoms with Crippen molar-refractivity contribution in [3.8, 4) is 0 Å². The van der Waals surface area contributed by atoms with Crippen LogP contribution in [0.5, 0.6) is 0 Å². The minimum atomic E-state index is -0.994. The highest BCUT2D eigenvalue weighted by atomic mass is 16.3. The summed E-state index contributed by atoms with van der Waals surface area (Å²) >= 11 is 0. The van der Waals surface area contributed by atoms with Gasteiger partial charge in [-0.15, -0.1) is 0 Å². The number of hydrogen-bond donors (Lipinski definition) is 3. The van der Waals surface area contributed by atoms with E-state index in [4.69, 9.17) is 0 Å². The van der Waals surface area contributed by atoms with E-state index < -0.39 is 5.60 Å². The monoisotopic (exact) mass is 342 g/mol. The van der Waals surface area contributed by atoms with E-state index in [1.807, 2.05) is 11.0 Å². The zero-order valence-corrected chi connectivity index (χ0v) is 14.1. The second-order valence-corrected chi connectivity index (χ2v) is 6.18. The molecule has 1 fully saturated rings. The maximum Gasteiger partial charge on any atom is 0.251 e. The Kier molecular flexibility index (Phi) is 5.08. The first-order valence-corrected chi connectivity index (χ1v) is 8.25. The second kappa shape index (κ2) is 7.43. The van der Waals surface area contributed by atoms with E-state index in [-0.39, 0.29) is 12.5 Å². The lowest BCUT2D eigenvalue weighted by atomic mass is 9.92. The number of hydrogen-bond acceptors (Lipinski definition) is 7. The smallest absolute Gasteiger partial charge is 0.251 e. The number of carbonyl (C=O) groups excluding carboxylic acids is 1. The maximum absolute atomic E-state index is 12.2. The number of anilines is 2. The summed E-state index contributed by atoms with van der Waals surface area (Å²) in [6.45, 7) is 1.40. The van der Waals surface area contributed by atoms with E-state index in [0.29, 0.717) is 18.5 Å². The Labute approximate surface area is 146 Å². The fourth-order valence-corrected chi connectivity index (χ4v) is 2.96. The van der Waals surface area contributed by atoms with Crippen LogP contribution in [-0.4, -0.2) is 58.2 Å². The Morgan fingerprint density at radius 1 is 1.36 bits per heavy atom. The van der Waals surface area contributed by atoms with Crippen molar-refractivity contribution in [3.63, 3.8) is 0 Å². The van der Waals surface area contributed by atoms with Crippen LogP contribution in [0.4, 0.5) is 11.6 Å². The van der Waals surface area contributed by atoms with Crippen LogP contribution >= 0.6 is 0 Å². The molecular weight excluding hydrogens is 320 g/mol. The van der Waals surface area contributed by atoms with Crippen LogP contribution in [0.2, 0.25) is 0 Å². The Morgan fingerprint density at radius 3 is 2.92 bits per heavy atom. The number of carbonyl (C=O) groups is 1. The third-order valence-electron chi connectivity index (χ3n) is 4.31. The standard InChI is InChI=1S/C17H22N6O2/c1-18-14-9-15(22-12-21-14)23-8-2-5-17(25,11-23)10-20-16(24)13-3-6-19-7-4-13/h3-4,6-7,9,12,25H,2,5,8,10-11H2,1H3,(H,20,24)(H,18,21,22)/t17-/m0/s1. The summed E-state index contributed by atoms with van der Waals surface area (Å²) in [7, 11) is 1.80. The second-order valence-electron chi connectivity index (χ2n) is 6.18. The van der Waals surface area contributed by atoms with Crippen molar-refractivity contribution in [2.24, 2.45) is 0 Å². The van der Waals surface area contributed by atoms with Crippen molar-refractivity contribution in [1.82, 2.24) is 20.3 Å². The molecule has 1 amide bonds. The number of piperidine rings is 1. The summed E-state index contributed by atoms with van der Waals surface area (Å²) in [5.41, 5.74) is -0.466. The minimum absolute atomic E-state index is 0.189. The quantitative estimate of drug-likeness (QED) is 0.734. The van der Waals surface area contributed by atoms with E-state index >= 15 is 0 Å². The zero-order valence-electron chi connectivity index (χ0n) is 14.1. The third-order valence-corrected chi connectivity index (χ3v) is 4.31. The van der Waals surface area contributed by atoms with Gasteiger partial charge in [0.25, 0.3) is 5.91 Å². The Morgan fingerprint density at radius 2 is 2.16 bits per heavy atom. The van der Waals surface area contributed by atoms with Gasteiger partial charge in [0.05, 0.1) is 5.60 Å². The molecule has 1 aliphatic rings. The molecule has 0 spiro atoms. The molecule has 3 heterocycles. The number of β-amino-alcohol motifs (C(OH)–C–C–N with tert-alkyl or cyclic N) is 1. The predicted octanol–water partition coefficient (Wildman–Crippen LogP) is 0.675. The molecule has 1 aliphatic heterocycles. The molecule has 0 aromatic carbocycles. The van der Waals surface area contributed by atoms with Crippen LogP contribution in [0, 0.1) is 0 Å². The van der Waals surface area contributed by atoms with Crippen LogP contribution in [0.3, 0.4) is 0 Å². The molecule has 25 heavy (non-hydrogen) atoms. The van der Waals surface area contributed by atoms with Crippen LogP contribution < -0.4 is 15.5 Å². The van der Waals surface area contributed by atoms with Gasteiger partial charge < -0.3 is 20.6 Å². The summed E-state index contributed by atoms with van der Waals surface area (Å²) in [6, 6.07) is 5.14. The molecule has 8 heteroatoms. The molecule has 3 N–H and O–H groups in total. The van der Waals surface area contributed by atoms with Crippen molar-refractivity contribution in [2.45, 2.75) is 18.4 Å². The first kappa shape index (κ1) is 17.1. The lowest BCUT2D eigenvalue weighted by Gasteiger charge is -2.39. The van der Waals surface area contributed by atoms with Gasteiger partial charge in [-0.1, -0.05) is 0 Å². The number of aromatic nitrogens is 3. The first-order valence-electron chi connectivity index (χ1n) is 8.25. The Bertz CT molecular complexity index is 726. The molecule has 8 nitrogen and oxygen atoms in total.